The van der Waals surface area contributed by atoms with Gasteiger partial charge >= 0.3 is 0 Å². The van der Waals surface area contributed by atoms with Crippen molar-refractivity contribution in [2.24, 2.45) is 0 Å². The first-order chi connectivity index (χ1) is 8.15. The zero-order valence-corrected chi connectivity index (χ0v) is 9.45. The van der Waals surface area contributed by atoms with Crippen molar-refractivity contribution in [1.82, 2.24) is 9.97 Å². The number of H-pyrrole nitrogens is 1. The molecule has 0 saturated carbocycles. The molecule has 0 aliphatic rings. The van der Waals surface area contributed by atoms with Crippen LogP contribution in [0.3, 0.4) is 0 Å². The summed E-state index contributed by atoms with van der Waals surface area (Å²) in [5, 5.41) is 2.16. The molecule has 2 heterocycles. The van der Waals surface area contributed by atoms with Crippen LogP contribution in [0.4, 0.5) is 5.69 Å². The maximum absolute atomic E-state index is 11.4. The van der Waals surface area contributed by atoms with Crippen molar-refractivity contribution in [2.45, 2.75) is 0 Å². The standard InChI is InChI=1S/C12H8ClN3O/c13-10-4-2-6-1-3-9-7(11(6)16-10)5-8(14)12(17)15-9/h1-5H,14H2,(H,15,17). The van der Waals surface area contributed by atoms with E-state index in [1.165, 1.54) is 0 Å². The maximum Gasteiger partial charge on any atom is 0.271 e. The summed E-state index contributed by atoms with van der Waals surface area (Å²) in [6.07, 6.45) is 0. The molecule has 5 heteroatoms. The third kappa shape index (κ3) is 1.54. The second-order valence-electron chi connectivity index (χ2n) is 3.79. The molecule has 0 spiro atoms. The Balaban J connectivity index is 2.58. The van der Waals surface area contributed by atoms with Crippen molar-refractivity contribution in [1.29, 1.82) is 0 Å². The lowest BCUT2D eigenvalue weighted by atomic mass is 10.1. The van der Waals surface area contributed by atoms with Crippen LogP contribution in [0.1, 0.15) is 0 Å². The van der Waals surface area contributed by atoms with Crippen molar-refractivity contribution in [2.75, 3.05) is 5.73 Å². The summed E-state index contributed by atoms with van der Waals surface area (Å²) >= 11 is 5.88. The number of hydrogen-bond donors (Lipinski definition) is 2. The Morgan fingerprint density at radius 3 is 2.82 bits per heavy atom. The molecule has 84 valence electrons. The number of nitrogens with one attached hydrogen (secondary N) is 1. The van der Waals surface area contributed by atoms with Gasteiger partial charge in [-0.05, 0) is 24.3 Å². The first kappa shape index (κ1) is 10.1. The molecule has 3 rings (SSSR count). The van der Waals surface area contributed by atoms with Crippen LogP contribution in [0.2, 0.25) is 5.15 Å². The van der Waals surface area contributed by atoms with Gasteiger partial charge < -0.3 is 10.7 Å². The smallest absolute Gasteiger partial charge is 0.271 e. The Bertz CT molecular complexity index is 795. The molecular formula is C12H8ClN3O. The van der Waals surface area contributed by atoms with Crippen LogP contribution >= 0.6 is 11.6 Å². The van der Waals surface area contributed by atoms with Crippen LogP contribution in [0.15, 0.2) is 35.1 Å². The SMILES string of the molecule is Nc1cc2c(ccc3ccc(Cl)nc32)[nH]c1=O. The number of fused-ring (bicyclic) bond motifs is 3. The molecule has 0 aliphatic carbocycles. The fourth-order valence-electron chi connectivity index (χ4n) is 1.86. The molecule has 0 saturated heterocycles. The summed E-state index contributed by atoms with van der Waals surface area (Å²) < 4.78 is 0. The lowest BCUT2D eigenvalue weighted by Gasteiger charge is -2.04. The number of halogens is 1. The van der Waals surface area contributed by atoms with Gasteiger partial charge in [-0.15, -0.1) is 0 Å². The first-order valence-corrected chi connectivity index (χ1v) is 5.41. The molecule has 1 aromatic carbocycles. The maximum atomic E-state index is 11.4. The van der Waals surface area contributed by atoms with E-state index in [9.17, 15) is 4.79 Å². The average Bonchev–Trinajstić information content (AvgIpc) is 2.31. The predicted octanol–water partition coefficient (Wildman–Crippen LogP) is 2.31. The Labute approximate surface area is 101 Å². The summed E-state index contributed by atoms with van der Waals surface area (Å²) in [5.74, 6) is 0. The summed E-state index contributed by atoms with van der Waals surface area (Å²) in [6, 6.07) is 8.94. The van der Waals surface area contributed by atoms with E-state index in [2.05, 4.69) is 9.97 Å². The lowest BCUT2D eigenvalue weighted by molar-refractivity contribution is 1.31. The van der Waals surface area contributed by atoms with E-state index in [0.717, 1.165) is 16.3 Å². The molecule has 0 radical (unpaired) electrons. The number of aromatic nitrogens is 2. The number of nitrogens with zero attached hydrogens (tertiary/aromatic N) is 1. The van der Waals surface area contributed by atoms with Crippen LogP contribution in [-0.2, 0) is 0 Å². The molecule has 2 aromatic heterocycles. The van der Waals surface area contributed by atoms with Gasteiger partial charge in [-0.3, -0.25) is 4.79 Å². The molecule has 4 nitrogen and oxygen atoms in total. The van der Waals surface area contributed by atoms with E-state index in [1.54, 1.807) is 12.1 Å². The number of hydrogen-bond acceptors (Lipinski definition) is 3. The van der Waals surface area contributed by atoms with Gasteiger partial charge in [0.2, 0.25) is 0 Å². The molecule has 0 unspecified atom stereocenters. The summed E-state index contributed by atoms with van der Waals surface area (Å²) in [6.45, 7) is 0. The molecular weight excluding hydrogens is 238 g/mol. The van der Waals surface area contributed by atoms with Crippen molar-refractivity contribution in [3.05, 3.63) is 45.8 Å². The van der Waals surface area contributed by atoms with Crippen LogP contribution in [0, 0.1) is 0 Å². The molecule has 0 fully saturated rings. The van der Waals surface area contributed by atoms with Gasteiger partial charge in [-0.25, -0.2) is 4.98 Å². The normalized spacial score (nSPS) is 11.1. The summed E-state index contributed by atoms with van der Waals surface area (Å²) in [4.78, 5) is 18.4. The van der Waals surface area contributed by atoms with Gasteiger partial charge in [0.25, 0.3) is 5.56 Å². The van der Waals surface area contributed by atoms with E-state index in [4.69, 9.17) is 17.3 Å². The molecule has 3 aromatic rings. The first-order valence-electron chi connectivity index (χ1n) is 5.03. The third-order valence-electron chi connectivity index (χ3n) is 2.68. The van der Waals surface area contributed by atoms with Crippen LogP contribution < -0.4 is 11.3 Å². The minimum absolute atomic E-state index is 0.173. The zero-order chi connectivity index (χ0) is 12.0. The van der Waals surface area contributed by atoms with Gasteiger partial charge in [0.05, 0.1) is 16.7 Å². The van der Waals surface area contributed by atoms with Gasteiger partial charge in [0, 0.05) is 10.8 Å². The Morgan fingerprint density at radius 1 is 1.24 bits per heavy atom. The predicted molar refractivity (Wildman–Crippen MR) is 69.3 cm³/mol. The second-order valence-corrected chi connectivity index (χ2v) is 4.17. The largest absolute Gasteiger partial charge is 0.394 e. The molecule has 0 bridgehead atoms. The molecule has 0 amide bonds. The van der Waals surface area contributed by atoms with Crippen molar-refractivity contribution >= 4 is 39.1 Å². The van der Waals surface area contributed by atoms with Gasteiger partial charge in [0.15, 0.2) is 0 Å². The molecule has 3 N–H and O–H groups in total. The van der Waals surface area contributed by atoms with Crippen molar-refractivity contribution < 1.29 is 0 Å². The third-order valence-corrected chi connectivity index (χ3v) is 2.89. The average molecular weight is 246 g/mol. The Hall–Kier alpha value is -2.07. The fourth-order valence-corrected chi connectivity index (χ4v) is 2.00. The van der Waals surface area contributed by atoms with Crippen molar-refractivity contribution in [3.8, 4) is 0 Å². The molecule has 17 heavy (non-hydrogen) atoms. The van der Waals surface area contributed by atoms with E-state index in [-0.39, 0.29) is 11.2 Å². The van der Waals surface area contributed by atoms with Crippen LogP contribution in [0.25, 0.3) is 21.8 Å². The number of aromatic amines is 1. The summed E-state index contributed by atoms with van der Waals surface area (Å²) in [7, 11) is 0. The minimum Gasteiger partial charge on any atom is -0.394 e. The van der Waals surface area contributed by atoms with E-state index < -0.39 is 0 Å². The number of benzene rings is 1. The van der Waals surface area contributed by atoms with E-state index in [1.807, 2.05) is 18.2 Å². The topological polar surface area (TPSA) is 71.8 Å². The number of pyridine rings is 2. The molecule has 0 aliphatic heterocycles. The highest BCUT2D eigenvalue weighted by molar-refractivity contribution is 6.30. The van der Waals surface area contributed by atoms with E-state index in [0.29, 0.717) is 10.7 Å². The number of rotatable bonds is 0. The molecule has 0 atom stereocenters. The number of nitrogen functional groups attached to an aromatic ring is 1. The zero-order valence-electron chi connectivity index (χ0n) is 8.70. The van der Waals surface area contributed by atoms with Crippen molar-refractivity contribution in [3.63, 3.8) is 0 Å². The second kappa shape index (κ2) is 3.46. The van der Waals surface area contributed by atoms with Gasteiger partial charge in [0.1, 0.15) is 5.15 Å². The Morgan fingerprint density at radius 2 is 2.00 bits per heavy atom. The Kier molecular flexibility index (Phi) is 2.06. The highest BCUT2D eigenvalue weighted by Gasteiger charge is 2.05. The summed E-state index contributed by atoms with van der Waals surface area (Å²) in [5.41, 5.74) is 6.93. The number of anilines is 1. The minimum atomic E-state index is -0.293. The fraction of sp³-hybridized carbons (Fsp3) is 0. The lowest BCUT2D eigenvalue weighted by Crippen LogP contribution is -2.10. The van der Waals surface area contributed by atoms with E-state index >= 15 is 0 Å². The number of nitrogens with two attached hydrogens (primary N) is 1. The highest BCUT2D eigenvalue weighted by atomic mass is 35.5. The van der Waals surface area contributed by atoms with Gasteiger partial charge in [-0.1, -0.05) is 17.7 Å². The van der Waals surface area contributed by atoms with Crippen LogP contribution in [-0.4, -0.2) is 9.97 Å². The van der Waals surface area contributed by atoms with Crippen LogP contribution in [0.5, 0.6) is 0 Å². The highest BCUT2D eigenvalue weighted by Crippen LogP contribution is 2.24. The quantitative estimate of drug-likeness (QED) is 0.472. The van der Waals surface area contributed by atoms with Gasteiger partial charge in [-0.2, -0.15) is 0 Å². The monoisotopic (exact) mass is 245 g/mol.